The molecule has 3 aliphatic rings. The standard InChI is InChI=1S/C89H139N23O32/c1-51(76(121)122)101-22-28-104(54(4)79(127)128)34-40-110(41-35-105(29-23-101)55(5)80(129)130)64(85(139)140)48-92-67(113)16-19-89(100-74(119)63(14-15-70(116)117)97-73(118)60-10-12-61(13-11-60)91-46-62-47-95-72-71(96-62)75(120)99-88(90)98-72,20-17-68(114)93-49-65(86(141)142)111-42-36-106(56(6)81(131)132)30-24-102(52(2)77(123)124)25-31-107(37-43-111)57(7)82(133)134)21-18-69(115)94-50-66(87(143)144)112-44-38-108(58(8)83(135)136)32-26-103(53(3)78(125)126)27-33-109(39-45-112)59(9)84(137)138/h10-13,47,51-59,63-66,91H,14-46,48-50H2,1-9H3,(H,92,113)(H,93,114)(H,94,115)(H,97,118)(H,100,119)(H,116,117)(H,121,122)(H,123,124)(H,125,126)(H,127,128)(H,129,130)(H,131,132)(H,133,134)(H,135,136)(H,137,138)(H,139,140)(H,141,142)(H,143,144)(H3,90,95,98,99,120). The molecule has 5 heterocycles. The molecule has 13 atom stereocenters. The number of aromatic amines is 1. The predicted molar refractivity (Wildman–Crippen MR) is 509 cm³/mol. The number of H-pyrrole nitrogens is 1. The van der Waals surface area contributed by atoms with Gasteiger partial charge in [0.05, 0.1) is 18.4 Å². The number of nitrogens with two attached hydrogens (primary N) is 1. The van der Waals surface area contributed by atoms with Crippen molar-refractivity contribution < 1.29 is 153 Å². The number of nitrogen functional groups attached to an aromatic ring is 1. The Kier molecular flexibility index (Phi) is 47.8. The molecule has 0 bridgehead atoms. The molecule has 22 N–H and O–H groups in total. The predicted octanol–water partition coefficient (Wildman–Crippen LogP) is -5.30. The van der Waals surface area contributed by atoms with Crippen LogP contribution in [0.25, 0.3) is 11.2 Å². The van der Waals surface area contributed by atoms with Gasteiger partial charge >= 0.3 is 83.2 Å². The molecular formula is C89H139N23O32. The minimum Gasteiger partial charge on any atom is -0.481 e. The van der Waals surface area contributed by atoms with E-state index in [1.165, 1.54) is 152 Å². The summed E-state index contributed by atoms with van der Waals surface area (Å²) in [6, 6.07) is -12.6. The fraction of sp³-hybridized carbons (Fsp3) is 0.663. The summed E-state index contributed by atoms with van der Waals surface area (Å²) in [5.41, 5.74) is 3.08. The molecule has 3 aliphatic heterocycles. The van der Waals surface area contributed by atoms with Crippen LogP contribution in [0.2, 0.25) is 0 Å². The van der Waals surface area contributed by atoms with E-state index in [-0.39, 0.29) is 192 Å². The highest BCUT2D eigenvalue weighted by molar-refractivity contribution is 5.98. The van der Waals surface area contributed by atoms with E-state index in [2.05, 4.69) is 51.8 Å². The lowest BCUT2D eigenvalue weighted by Gasteiger charge is -2.39. The van der Waals surface area contributed by atoms with Gasteiger partial charge < -0.3 is 109 Å². The first-order valence-corrected chi connectivity index (χ1v) is 47.4. The molecule has 2 aromatic heterocycles. The highest BCUT2D eigenvalue weighted by Crippen LogP contribution is 2.29. The Morgan fingerprint density at radius 1 is 0.361 bits per heavy atom. The average Bonchev–Trinajstić information content (AvgIpc) is 0.754. The van der Waals surface area contributed by atoms with E-state index >= 15 is 19.2 Å². The number of anilines is 2. The third kappa shape index (κ3) is 37.3. The number of hydrogen-bond acceptors (Lipinski definition) is 36. The van der Waals surface area contributed by atoms with Crippen molar-refractivity contribution in [2.45, 2.75) is 204 Å². The molecule has 0 saturated carbocycles. The Morgan fingerprint density at radius 2 is 0.618 bits per heavy atom. The Balaban J connectivity index is 1.49. The van der Waals surface area contributed by atoms with Gasteiger partial charge in [0.1, 0.15) is 78.5 Å². The number of benzene rings is 1. The number of nitrogens with zero attached hydrogens (tertiary/aromatic N) is 15. The van der Waals surface area contributed by atoms with Crippen molar-refractivity contribution in [3.8, 4) is 0 Å². The van der Waals surface area contributed by atoms with E-state index in [0.29, 0.717) is 5.69 Å². The first-order valence-electron chi connectivity index (χ1n) is 47.4. The third-order valence-corrected chi connectivity index (χ3v) is 27.2. The molecule has 3 saturated heterocycles. The van der Waals surface area contributed by atoms with Crippen LogP contribution >= 0.6 is 0 Å². The topological polar surface area (TPSA) is 779 Å². The van der Waals surface area contributed by atoms with E-state index in [4.69, 9.17) is 5.73 Å². The Bertz CT molecular complexity index is 4580. The van der Waals surface area contributed by atoms with Gasteiger partial charge in [-0.2, -0.15) is 4.98 Å². The largest absolute Gasteiger partial charge is 0.481 e. The van der Waals surface area contributed by atoms with E-state index < -0.39 is 268 Å². The summed E-state index contributed by atoms with van der Waals surface area (Å²) >= 11 is 0. The highest BCUT2D eigenvalue weighted by atomic mass is 16.4. The molecule has 3 fully saturated rings. The zero-order chi connectivity index (χ0) is 107. The molecule has 13 unspecified atom stereocenters. The molecule has 0 aliphatic carbocycles. The Labute approximate surface area is 828 Å². The van der Waals surface area contributed by atoms with Gasteiger partial charge in [-0.1, -0.05) is 0 Å². The van der Waals surface area contributed by atoms with Crippen molar-refractivity contribution in [2.75, 3.05) is 188 Å². The van der Waals surface area contributed by atoms with Gasteiger partial charge in [-0.25, -0.2) is 9.97 Å². The Morgan fingerprint density at radius 3 is 0.861 bits per heavy atom. The lowest BCUT2D eigenvalue weighted by molar-refractivity contribution is -0.147. The second-order valence-electron chi connectivity index (χ2n) is 36.2. The third-order valence-electron chi connectivity index (χ3n) is 27.2. The molecule has 6 rings (SSSR count). The lowest BCUT2D eigenvalue weighted by Crippen LogP contribution is -2.58. The first-order chi connectivity index (χ1) is 67.7. The van der Waals surface area contributed by atoms with Crippen molar-refractivity contribution >= 4 is 130 Å². The molecular weight excluding hydrogens is 1900 g/mol. The van der Waals surface area contributed by atoms with Crippen LogP contribution in [-0.2, 0) is 88.1 Å². The quantitative estimate of drug-likeness (QED) is 0.0251. The van der Waals surface area contributed by atoms with Crippen LogP contribution in [0.4, 0.5) is 11.6 Å². The van der Waals surface area contributed by atoms with Gasteiger partial charge in [-0.3, -0.25) is 150 Å². The maximum Gasteiger partial charge on any atom is 0.322 e. The number of hydrogen-bond donors (Lipinski definition) is 21. The number of carbonyl (C=O) groups excluding carboxylic acids is 5. The van der Waals surface area contributed by atoms with E-state index in [9.17, 15) is 138 Å². The second-order valence-corrected chi connectivity index (χ2v) is 36.2. The number of carbonyl (C=O) groups is 18. The van der Waals surface area contributed by atoms with Crippen LogP contribution in [0, 0.1) is 0 Å². The summed E-state index contributed by atoms with van der Waals surface area (Å²) in [6.07, 6.45) is -4.89. The molecule has 144 heavy (non-hydrogen) atoms. The molecule has 5 amide bonds. The van der Waals surface area contributed by atoms with Crippen LogP contribution in [0.1, 0.15) is 130 Å². The van der Waals surface area contributed by atoms with Crippen LogP contribution in [0.15, 0.2) is 35.3 Å². The molecule has 55 heteroatoms. The monoisotopic (exact) mass is 2040 g/mol. The van der Waals surface area contributed by atoms with Gasteiger partial charge in [0.25, 0.3) is 5.91 Å². The van der Waals surface area contributed by atoms with Crippen molar-refractivity contribution in [1.82, 2.24) is 105 Å². The maximum atomic E-state index is 15.7. The zero-order valence-electron chi connectivity index (χ0n) is 82.2. The van der Waals surface area contributed by atoms with Crippen molar-refractivity contribution in [2.24, 2.45) is 0 Å². The molecule has 3 aromatic rings. The smallest absolute Gasteiger partial charge is 0.322 e. The number of rotatable bonds is 49. The number of carboxylic acid groups (broad SMARTS) is 13. The number of carboxylic acids is 13. The van der Waals surface area contributed by atoms with Crippen LogP contribution in [-0.4, -0.2) is 513 Å². The van der Waals surface area contributed by atoms with Crippen molar-refractivity contribution in [3.05, 3.63) is 52.1 Å². The highest BCUT2D eigenvalue weighted by Gasteiger charge is 2.42. The van der Waals surface area contributed by atoms with Gasteiger partial charge in [0, 0.05) is 219 Å². The molecule has 1 aromatic carbocycles. The number of aromatic nitrogens is 4. The minimum absolute atomic E-state index is 0.0459. The van der Waals surface area contributed by atoms with Gasteiger partial charge in [-0.05, 0) is 112 Å². The van der Waals surface area contributed by atoms with E-state index in [0.717, 1.165) is 0 Å². The summed E-state index contributed by atoms with van der Waals surface area (Å²) in [6.45, 7) is 5.93. The van der Waals surface area contributed by atoms with Crippen LogP contribution in [0.3, 0.4) is 0 Å². The lowest BCUT2D eigenvalue weighted by atomic mass is 9.82. The first kappa shape index (κ1) is 120. The van der Waals surface area contributed by atoms with Crippen molar-refractivity contribution in [3.63, 3.8) is 0 Å². The Hall–Kier alpha value is -13.0. The van der Waals surface area contributed by atoms with Gasteiger partial charge in [-0.15, -0.1) is 0 Å². The van der Waals surface area contributed by atoms with Crippen LogP contribution in [0.5, 0.6) is 0 Å². The number of aliphatic carboxylic acids is 13. The average molecular weight is 2040 g/mol. The van der Waals surface area contributed by atoms with Crippen LogP contribution < -0.4 is 43.2 Å². The van der Waals surface area contributed by atoms with E-state index in [1.54, 1.807) is 0 Å². The van der Waals surface area contributed by atoms with E-state index in [1.807, 2.05) is 0 Å². The maximum absolute atomic E-state index is 15.7. The number of nitrogens with one attached hydrogen (secondary N) is 7. The summed E-state index contributed by atoms with van der Waals surface area (Å²) in [5, 5.41) is 152. The van der Waals surface area contributed by atoms with Crippen molar-refractivity contribution in [1.29, 1.82) is 0 Å². The number of fused-ring (bicyclic) bond motifs is 1. The fourth-order valence-electron chi connectivity index (χ4n) is 17.0. The normalized spacial score (nSPS) is 19.6. The summed E-state index contributed by atoms with van der Waals surface area (Å²) < 4.78 is 0. The second kappa shape index (κ2) is 57.5. The molecule has 55 nitrogen and oxygen atoms in total. The minimum atomic E-state index is -2.23. The summed E-state index contributed by atoms with van der Waals surface area (Å²) in [5.74, 6) is -23.3. The van der Waals surface area contributed by atoms with Gasteiger partial charge in [0.15, 0.2) is 11.2 Å². The number of amides is 5. The molecule has 802 valence electrons. The SMILES string of the molecule is CC(C(=O)O)N1CCN(C(C)C(=O)O)CCN(C(CNC(=O)CCC(CCC(=O)NCC(C(=O)O)N2CCN(C(C)C(=O)O)CCN(C(C)C(=O)O)CCN(C(C)C(=O)O)CC2)(CCC(=O)NCC(C(=O)O)N2CCN(C(C)C(=O)O)CCN(C(C)C(=O)O)CCN(C(C)C(=O)O)CC2)NC(=O)C(CCC(=O)O)NC(=O)c2ccc(NCc3cnc4[nH]c(N)nc(=O)c4n3)cc2)C(=O)O)CCN(C(C)C(=O)O)CC1. The molecule has 0 spiro atoms. The zero-order valence-corrected chi connectivity index (χ0v) is 82.2. The molecule has 0 radical (unpaired) electrons. The van der Waals surface area contributed by atoms with Gasteiger partial charge in [0.2, 0.25) is 29.6 Å². The summed E-state index contributed by atoms with van der Waals surface area (Å²) in [7, 11) is 0. The summed E-state index contributed by atoms with van der Waals surface area (Å²) in [4.78, 5) is 287. The fourth-order valence-corrected chi connectivity index (χ4v) is 17.0.